The van der Waals surface area contributed by atoms with E-state index >= 15 is 0 Å². The first-order chi connectivity index (χ1) is 17.9. The van der Waals surface area contributed by atoms with Crippen LogP contribution in [0.2, 0.25) is 0 Å². The number of amides is 1. The van der Waals surface area contributed by atoms with Gasteiger partial charge in [-0.25, -0.2) is 9.19 Å². The van der Waals surface area contributed by atoms with E-state index in [4.69, 9.17) is 0 Å². The van der Waals surface area contributed by atoms with Crippen LogP contribution >= 0.6 is 0 Å². The Morgan fingerprint density at radius 1 is 0.868 bits per heavy atom. The lowest BCUT2D eigenvalue weighted by Crippen LogP contribution is -2.41. The van der Waals surface area contributed by atoms with Crippen molar-refractivity contribution in [1.82, 2.24) is 9.88 Å². The average Bonchev–Trinajstić information content (AvgIpc) is 2.89. The Morgan fingerprint density at radius 3 is 2.08 bits per heavy atom. The molecule has 0 radical (unpaired) electrons. The molecule has 1 heterocycles. The van der Waals surface area contributed by atoms with Gasteiger partial charge >= 0.3 is 0 Å². The highest BCUT2D eigenvalue weighted by Crippen LogP contribution is 2.27. The molecule has 1 aromatic heterocycles. The predicted molar refractivity (Wildman–Crippen MR) is 159 cm³/mol. The molecule has 2 aromatic carbocycles. The Labute approximate surface area is 230 Å². The number of carbonyl (C=O) groups is 1. The average molecular weight is 536 g/mol. The van der Waals surface area contributed by atoms with Gasteiger partial charge in [-0.1, -0.05) is 45.0 Å². The fourth-order valence-electron chi connectivity index (χ4n) is 3.97. The maximum absolute atomic E-state index is 13.9. The lowest BCUT2D eigenvalue weighted by molar-refractivity contribution is -0.130. The van der Waals surface area contributed by atoms with Crippen LogP contribution in [0.4, 0.5) is 17.2 Å². The summed E-state index contributed by atoms with van der Waals surface area (Å²) in [5, 5.41) is 0. The molecule has 3 rings (SSSR count). The molecule has 0 saturated carbocycles. The van der Waals surface area contributed by atoms with Crippen molar-refractivity contribution in [2.24, 2.45) is 0 Å². The zero-order chi connectivity index (χ0) is 28.0. The van der Waals surface area contributed by atoms with Crippen molar-refractivity contribution >= 4 is 34.1 Å². The molecule has 3 aromatic rings. The minimum Gasteiger partial charge on any atom is -0.378 e. The molecule has 1 unspecified atom stereocenters. The van der Waals surface area contributed by atoms with Crippen molar-refractivity contribution in [2.45, 2.75) is 44.6 Å². The van der Waals surface area contributed by atoms with E-state index in [0.29, 0.717) is 18.0 Å². The third-order valence-corrected chi connectivity index (χ3v) is 7.79. The number of aromatic nitrogens is 1. The van der Waals surface area contributed by atoms with Gasteiger partial charge in [-0.2, -0.15) is 0 Å². The third kappa shape index (κ3) is 7.34. The number of hydrogen-bond donors (Lipinski definition) is 0. The van der Waals surface area contributed by atoms with E-state index in [2.05, 4.69) is 25.8 Å². The van der Waals surface area contributed by atoms with Gasteiger partial charge in [0.25, 0.3) is 0 Å². The van der Waals surface area contributed by atoms with Crippen LogP contribution in [-0.2, 0) is 27.7 Å². The summed E-state index contributed by atoms with van der Waals surface area (Å²) >= 11 is 0. The number of likely N-dealkylation sites (N-methyl/N-ethyl adjacent to an activating group) is 1. The van der Waals surface area contributed by atoms with Crippen molar-refractivity contribution in [3.8, 4) is 0 Å². The SMILES string of the molecule is CCN(Cc1cccc(N(C)C)n1)C(=O)CN(c1cccc(N(C)C)c1)S(=O)c1ccc(C(C)(C)C)cc1. The van der Waals surface area contributed by atoms with Crippen LogP contribution < -0.4 is 14.1 Å². The first kappa shape index (κ1) is 29.2. The molecule has 0 spiro atoms. The van der Waals surface area contributed by atoms with Crippen molar-refractivity contribution in [3.05, 3.63) is 78.0 Å². The number of benzene rings is 2. The van der Waals surface area contributed by atoms with Crippen molar-refractivity contribution in [1.29, 1.82) is 0 Å². The highest BCUT2D eigenvalue weighted by atomic mass is 32.2. The van der Waals surface area contributed by atoms with E-state index in [1.807, 2.05) is 112 Å². The summed E-state index contributed by atoms with van der Waals surface area (Å²) in [4.78, 5) is 24.6. The number of nitrogens with zero attached hydrogens (tertiary/aromatic N) is 5. The molecule has 0 aliphatic carbocycles. The third-order valence-electron chi connectivity index (χ3n) is 6.37. The van der Waals surface area contributed by atoms with Crippen LogP contribution in [0.25, 0.3) is 0 Å². The van der Waals surface area contributed by atoms with Crippen molar-refractivity contribution < 1.29 is 9.00 Å². The molecule has 0 aliphatic heterocycles. The van der Waals surface area contributed by atoms with E-state index in [9.17, 15) is 9.00 Å². The molecule has 0 saturated heterocycles. The Kier molecular flexibility index (Phi) is 9.55. The monoisotopic (exact) mass is 535 g/mol. The highest BCUT2D eigenvalue weighted by molar-refractivity contribution is 7.86. The topological polar surface area (TPSA) is 60.0 Å². The molecule has 8 heteroatoms. The Morgan fingerprint density at radius 2 is 1.50 bits per heavy atom. The molecule has 1 atom stereocenters. The number of rotatable bonds is 10. The molecular weight excluding hydrogens is 494 g/mol. The fraction of sp³-hybridized carbons (Fsp3) is 0.400. The number of anilines is 3. The largest absolute Gasteiger partial charge is 0.378 e. The second kappa shape index (κ2) is 12.4. The zero-order valence-electron chi connectivity index (χ0n) is 23.9. The molecule has 0 fully saturated rings. The van der Waals surface area contributed by atoms with E-state index in [0.717, 1.165) is 22.9 Å². The summed E-state index contributed by atoms with van der Waals surface area (Å²) in [6.45, 7) is 9.29. The number of hydrogen-bond acceptors (Lipinski definition) is 5. The smallest absolute Gasteiger partial charge is 0.243 e. The van der Waals surface area contributed by atoms with Gasteiger partial charge in [0.05, 0.1) is 22.8 Å². The van der Waals surface area contributed by atoms with Crippen LogP contribution in [0.15, 0.2) is 71.6 Å². The van der Waals surface area contributed by atoms with E-state index in [-0.39, 0.29) is 17.9 Å². The second-order valence-electron chi connectivity index (χ2n) is 10.8. The Bertz CT molecular complexity index is 1250. The maximum atomic E-state index is 13.9. The molecule has 204 valence electrons. The summed E-state index contributed by atoms with van der Waals surface area (Å²) in [5.41, 5.74) is 3.67. The first-order valence-electron chi connectivity index (χ1n) is 12.9. The van der Waals surface area contributed by atoms with Crippen molar-refractivity contribution in [3.63, 3.8) is 0 Å². The highest BCUT2D eigenvalue weighted by Gasteiger charge is 2.24. The van der Waals surface area contributed by atoms with Crippen LogP contribution in [0.3, 0.4) is 0 Å². The molecule has 0 aliphatic rings. The number of carbonyl (C=O) groups excluding carboxylic acids is 1. The van der Waals surface area contributed by atoms with Crippen LogP contribution in [-0.4, -0.2) is 61.3 Å². The summed E-state index contributed by atoms with van der Waals surface area (Å²) < 4.78 is 15.6. The molecule has 7 nitrogen and oxygen atoms in total. The maximum Gasteiger partial charge on any atom is 0.243 e. The van der Waals surface area contributed by atoms with E-state index in [1.54, 1.807) is 9.21 Å². The molecular formula is C30H41N5O2S. The van der Waals surface area contributed by atoms with Gasteiger partial charge in [-0.15, -0.1) is 0 Å². The molecule has 1 amide bonds. The van der Waals surface area contributed by atoms with E-state index in [1.165, 1.54) is 5.56 Å². The van der Waals surface area contributed by atoms with Gasteiger partial charge in [0.15, 0.2) is 11.0 Å². The van der Waals surface area contributed by atoms with Crippen molar-refractivity contribution in [2.75, 3.05) is 55.4 Å². The lowest BCUT2D eigenvalue weighted by atomic mass is 9.87. The lowest BCUT2D eigenvalue weighted by Gasteiger charge is -2.28. The quantitative estimate of drug-likeness (QED) is 0.362. The number of pyridine rings is 1. The van der Waals surface area contributed by atoms with Gasteiger partial charge in [0.1, 0.15) is 12.4 Å². The zero-order valence-corrected chi connectivity index (χ0v) is 24.7. The predicted octanol–water partition coefficient (Wildman–Crippen LogP) is 5.09. The van der Waals surface area contributed by atoms with Gasteiger partial charge in [-0.05, 0) is 60.4 Å². The normalized spacial score (nSPS) is 12.1. The van der Waals surface area contributed by atoms with Gasteiger partial charge in [-0.3, -0.25) is 9.10 Å². The summed E-state index contributed by atoms with van der Waals surface area (Å²) in [5.74, 6) is 0.729. The standard InChI is InChI=1S/C30H41N5O2S/c1-9-34(21-24-12-10-15-28(31-24)33(7)8)29(36)22-35(26-14-11-13-25(20-26)32(5)6)38(37)27-18-16-23(17-19-27)30(2,3)4/h10-20H,9,21-22H2,1-8H3. The molecule has 38 heavy (non-hydrogen) atoms. The second-order valence-corrected chi connectivity index (χ2v) is 12.2. The summed E-state index contributed by atoms with van der Waals surface area (Å²) in [6, 6.07) is 21.4. The van der Waals surface area contributed by atoms with E-state index < -0.39 is 11.0 Å². The minimum atomic E-state index is -1.58. The minimum absolute atomic E-state index is 0.00470. The van der Waals surface area contributed by atoms with Gasteiger partial charge < -0.3 is 14.7 Å². The molecule has 0 N–H and O–H groups in total. The van der Waals surface area contributed by atoms with Crippen LogP contribution in [0, 0.1) is 0 Å². The Balaban J connectivity index is 1.92. The van der Waals surface area contributed by atoms with Gasteiger partial charge in [0, 0.05) is 40.4 Å². The fourth-order valence-corrected chi connectivity index (χ4v) is 5.13. The van der Waals surface area contributed by atoms with Gasteiger partial charge in [0.2, 0.25) is 5.91 Å². The summed E-state index contributed by atoms with van der Waals surface area (Å²) in [6.07, 6.45) is 0. The first-order valence-corrected chi connectivity index (χ1v) is 14.0. The van der Waals surface area contributed by atoms with Crippen LogP contribution in [0.1, 0.15) is 39.0 Å². The summed E-state index contributed by atoms with van der Waals surface area (Å²) in [7, 11) is 6.23. The Hall–Kier alpha value is -3.39. The molecule has 0 bridgehead atoms. The van der Waals surface area contributed by atoms with Crippen LogP contribution in [0.5, 0.6) is 0 Å².